The molecule has 0 aromatic heterocycles. The summed E-state index contributed by atoms with van der Waals surface area (Å²) in [5.41, 5.74) is 7.25. The third kappa shape index (κ3) is 5.66. The van der Waals surface area contributed by atoms with Crippen molar-refractivity contribution in [2.24, 2.45) is 10.7 Å². The van der Waals surface area contributed by atoms with E-state index in [4.69, 9.17) is 10.5 Å². The highest BCUT2D eigenvalue weighted by Gasteiger charge is 2.38. The zero-order valence-corrected chi connectivity index (χ0v) is 14.2. The van der Waals surface area contributed by atoms with Crippen molar-refractivity contribution in [1.29, 1.82) is 0 Å². The first-order valence-electron chi connectivity index (χ1n) is 7.00. The highest BCUT2D eigenvalue weighted by molar-refractivity contribution is 14.0. The number of benzene rings is 1. The van der Waals surface area contributed by atoms with Crippen LogP contribution >= 0.6 is 24.0 Å². The quantitative estimate of drug-likeness (QED) is 0.326. The number of guanidine groups is 1. The van der Waals surface area contributed by atoms with Crippen molar-refractivity contribution < 1.29 is 4.74 Å². The maximum absolute atomic E-state index is 5.87. The fourth-order valence-electron chi connectivity index (χ4n) is 2.17. The second kappa shape index (κ2) is 9.18. The lowest BCUT2D eigenvalue weighted by molar-refractivity contribution is 0.146. The Morgan fingerprint density at radius 3 is 2.85 bits per heavy atom. The minimum absolute atomic E-state index is 0. The maximum atomic E-state index is 5.87. The molecule has 1 aliphatic rings. The Bertz CT molecular complexity index is 411. The van der Waals surface area contributed by atoms with Gasteiger partial charge in [-0.05, 0) is 25.3 Å². The second-order valence-corrected chi connectivity index (χ2v) is 4.82. The Kier molecular flexibility index (Phi) is 7.91. The van der Waals surface area contributed by atoms with Crippen LogP contribution in [0.4, 0.5) is 0 Å². The number of aliphatic imine (C=N–C) groups is 1. The lowest BCUT2D eigenvalue weighted by atomic mass is 10.1. The van der Waals surface area contributed by atoms with E-state index in [2.05, 4.69) is 34.6 Å². The molecule has 2 rings (SSSR count). The van der Waals surface area contributed by atoms with Gasteiger partial charge in [0.05, 0.1) is 0 Å². The van der Waals surface area contributed by atoms with Gasteiger partial charge < -0.3 is 15.8 Å². The summed E-state index contributed by atoms with van der Waals surface area (Å²) in [6.45, 7) is 4.24. The topological polar surface area (TPSA) is 59.6 Å². The molecule has 5 heteroatoms. The zero-order chi connectivity index (χ0) is 13.5. The van der Waals surface area contributed by atoms with E-state index in [1.54, 1.807) is 0 Å². The smallest absolute Gasteiger partial charge is 0.188 e. The average Bonchev–Trinajstić information content (AvgIpc) is 3.19. The van der Waals surface area contributed by atoms with Crippen LogP contribution in [0.25, 0.3) is 0 Å². The molecule has 1 aromatic rings. The van der Waals surface area contributed by atoms with Gasteiger partial charge in [0.2, 0.25) is 0 Å². The van der Waals surface area contributed by atoms with Gasteiger partial charge in [0.1, 0.15) is 0 Å². The van der Waals surface area contributed by atoms with E-state index in [1.165, 1.54) is 5.56 Å². The summed E-state index contributed by atoms with van der Waals surface area (Å²) >= 11 is 0. The summed E-state index contributed by atoms with van der Waals surface area (Å²) in [5.74, 6) is 1.14. The molecule has 0 heterocycles. The largest absolute Gasteiger partial charge is 0.382 e. The number of hydrogen-bond donors (Lipinski definition) is 2. The highest BCUT2D eigenvalue weighted by atomic mass is 127. The lowest BCUT2D eigenvalue weighted by Crippen LogP contribution is -2.34. The van der Waals surface area contributed by atoms with Gasteiger partial charge in [-0.3, -0.25) is 4.99 Å². The van der Waals surface area contributed by atoms with Crippen LogP contribution in [0.2, 0.25) is 0 Å². The van der Waals surface area contributed by atoms with Gasteiger partial charge >= 0.3 is 0 Å². The van der Waals surface area contributed by atoms with E-state index < -0.39 is 0 Å². The highest BCUT2D eigenvalue weighted by Crippen LogP contribution is 2.40. The van der Waals surface area contributed by atoms with Crippen molar-refractivity contribution in [2.45, 2.75) is 31.7 Å². The first-order chi connectivity index (χ1) is 9.31. The Balaban J connectivity index is 0.00000200. The lowest BCUT2D eigenvalue weighted by Gasteiger charge is -2.05. The van der Waals surface area contributed by atoms with E-state index >= 15 is 0 Å². The van der Waals surface area contributed by atoms with Crippen LogP contribution in [-0.2, 0) is 4.74 Å². The Morgan fingerprint density at radius 1 is 1.40 bits per heavy atom. The first kappa shape index (κ1) is 17.2. The summed E-state index contributed by atoms with van der Waals surface area (Å²) in [5, 5.41) is 3.28. The SMILES string of the molecule is CCOCCCN=C(N)NC1CC1c1ccccc1.I. The maximum Gasteiger partial charge on any atom is 0.188 e. The molecule has 0 spiro atoms. The van der Waals surface area contributed by atoms with Gasteiger partial charge in [-0.15, -0.1) is 24.0 Å². The molecule has 0 aliphatic heterocycles. The number of hydrogen-bond acceptors (Lipinski definition) is 2. The summed E-state index contributed by atoms with van der Waals surface area (Å²) in [7, 11) is 0. The van der Waals surface area contributed by atoms with Crippen LogP contribution in [0.15, 0.2) is 35.3 Å². The number of halogens is 1. The third-order valence-electron chi connectivity index (χ3n) is 3.28. The molecule has 20 heavy (non-hydrogen) atoms. The van der Waals surface area contributed by atoms with Crippen LogP contribution in [0.5, 0.6) is 0 Å². The fourth-order valence-corrected chi connectivity index (χ4v) is 2.17. The van der Waals surface area contributed by atoms with Crippen LogP contribution in [-0.4, -0.2) is 31.8 Å². The van der Waals surface area contributed by atoms with Crippen molar-refractivity contribution in [3.05, 3.63) is 35.9 Å². The van der Waals surface area contributed by atoms with Gasteiger partial charge in [-0.2, -0.15) is 0 Å². The summed E-state index contributed by atoms with van der Waals surface area (Å²) < 4.78 is 5.25. The Hall–Kier alpha value is -0.820. The second-order valence-electron chi connectivity index (χ2n) is 4.82. The molecule has 4 nitrogen and oxygen atoms in total. The van der Waals surface area contributed by atoms with Crippen molar-refractivity contribution >= 4 is 29.9 Å². The predicted molar refractivity (Wildman–Crippen MR) is 93.7 cm³/mol. The Morgan fingerprint density at radius 2 is 2.15 bits per heavy atom. The normalized spacial score (nSPS) is 21.1. The minimum Gasteiger partial charge on any atom is -0.382 e. The molecule has 3 N–H and O–H groups in total. The van der Waals surface area contributed by atoms with Gasteiger partial charge in [0.15, 0.2) is 5.96 Å². The van der Waals surface area contributed by atoms with E-state index in [9.17, 15) is 0 Å². The van der Waals surface area contributed by atoms with Crippen LogP contribution in [0.3, 0.4) is 0 Å². The molecule has 0 saturated heterocycles. The molecule has 1 fully saturated rings. The molecule has 2 atom stereocenters. The van der Waals surface area contributed by atoms with Crippen LogP contribution in [0.1, 0.15) is 31.2 Å². The number of nitrogens with two attached hydrogens (primary N) is 1. The number of nitrogens with zero attached hydrogens (tertiary/aromatic N) is 1. The van der Waals surface area contributed by atoms with Crippen molar-refractivity contribution in [1.82, 2.24) is 5.32 Å². The number of nitrogens with one attached hydrogen (secondary N) is 1. The van der Waals surface area contributed by atoms with E-state index in [0.29, 0.717) is 17.9 Å². The summed E-state index contributed by atoms with van der Waals surface area (Å²) in [6.07, 6.45) is 2.06. The predicted octanol–water partition coefficient (Wildman–Crippen LogP) is 2.49. The molecule has 0 radical (unpaired) electrons. The van der Waals surface area contributed by atoms with E-state index in [0.717, 1.165) is 32.6 Å². The van der Waals surface area contributed by atoms with Gasteiger partial charge in [0.25, 0.3) is 0 Å². The molecule has 1 saturated carbocycles. The zero-order valence-electron chi connectivity index (χ0n) is 11.9. The first-order valence-corrected chi connectivity index (χ1v) is 7.00. The Labute approximate surface area is 138 Å². The van der Waals surface area contributed by atoms with Crippen molar-refractivity contribution in [2.75, 3.05) is 19.8 Å². The average molecular weight is 389 g/mol. The fraction of sp³-hybridized carbons (Fsp3) is 0.533. The number of ether oxygens (including phenoxy) is 1. The van der Waals surface area contributed by atoms with Gasteiger partial charge in [0, 0.05) is 31.7 Å². The van der Waals surface area contributed by atoms with Crippen LogP contribution in [0, 0.1) is 0 Å². The standard InChI is InChI=1S/C15H23N3O.HI/c1-2-19-10-6-9-17-15(16)18-14-11-13(14)12-7-4-3-5-8-12;/h3-5,7-8,13-14H,2,6,9-11H2,1H3,(H3,16,17,18);1H. The molecule has 0 amide bonds. The van der Waals surface area contributed by atoms with E-state index in [1.807, 2.05) is 13.0 Å². The molecular weight excluding hydrogens is 365 g/mol. The third-order valence-corrected chi connectivity index (χ3v) is 3.28. The molecular formula is C15H24IN3O. The molecule has 0 bridgehead atoms. The molecule has 112 valence electrons. The molecule has 2 unspecified atom stereocenters. The van der Waals surface area contributed by atoms with E-state index in [-0.39, 0.29) is 24.0 Å². The van der Waals surface area contributed by atoms with Crippen LogP contribution < -0.4 is 11.1 Å². The number of rotatable bonds is 7. The summed E-state index contributed by atoms with van der Waals surface area (Å²) in [6, 6.07) is 11.0. The van der Waals surface area contributed by atoms with Crippen molar-refractivity contribution in [3.8, 4) is 0 Å². The summed E-state index contributed by atoms with van der Waals surface area (Å²) in [4.78, 5) is 4.31. The van der Waals surface area contributed by atoms with Crippen molar-refractivity contribution in [3.63, 3.8) is 0 Å². The van der Waals surface area contributed by atoms with Gasteiger partial charge in [-0.1, -0.05) is 30.3 Å². The minimum atomic E-state index is 0. The molecule has 1 aromatic carbocycles. The molecule has 1 aliphatic carbocycles. The van der Waals surface area contributed by atoms with Gasteiger partial charge in [-0.25, -0.2) is 0 Å². The monoisotopic (exact) mass is 389 g/mol.